The Balaban J connectivity index is 2.52. The third-order valence-electron chi connectivity index (χ3n) is 3.00. The van der Waals surface area contributed by atoms with Gasteiger partial charge in [0.1, 0.15) is 0 Å². The van der Waals surface area contributed by atoms with Crippen LogP contribution in [0.3, 0.4) is 0 Å². The van der Waals surface area contributed by atoms with Gasteiger partial charge in [0.05, 0.1) is 4.48 Å². The fraction of sp³-hybridized carbons (Fsp3) is 0.571. The molecule has 0 saturated heterocycles. The lowest BCUT2D eigenvalue weighted by Gasteiger charge is -2.13. The minimum absolute atomic E-state index is 0.00975. The lowest BCUT2D eigenvalue weighted by molar-refractivity contribution is -0.115. The lowest BCUT2D eigenvalue weighted by atomic mass is 9.94. The van der Waals surface area contributed by atoms with Crippen molar-refractivity contribution in [1.29, 1.82) is 0 Å². The van der Waals surface area contributed by atoms with Crippen molar-refractivity contribution < 1.29 is 9.59 Å². The van der Waals surface area contributed by atoms with E-state index >= 15 is 0 Å². The minimum atomic E-state index is -0.0480. The number of allylic oxidation sites excluding steroid dienone is 4. The summed E-state index contributed by atoms with van der Waals surface area (Å²) >= 11 is 3.25. The van der Waals surface area contributed by atoms with Crippen molar-refractivity contribution >= 4 is 27.5 Å². The number of carbonyl (C=O) groups is 2. The number of unbranched alkanes of at least 4 members (excludes halogenated alkanes) is 4. The Morgan fingerprint density at radius 2 is 1.76 bits per heavy atom. The van der Waals surface area contributed by atoms with Crippen molar-refractivity contribution in [3.05, 3.63) is 21.7 Å². The van der Waals surface area contributed by atoms with Gasteiger partial charge in [-0.2, -0.15) is 0 Å². The molecule has 0 spiro atoms. The Kier molecular flexibility index (Phi) is 5.83. The van der Waals surface area contributed by atoms with Crippen LogP contribution in [-0.2, 0) is 9.59 Å². The molecule has 0 unspecified atom stereocenters. The van der Waals surface area contributed by atoms with Crippen LogP contribution in [0.1, 0.15) is 52.4 Å². The van der Waals surface area contributed by atoms with E-state index in [0.717, 1.165) is 12.8 Å². The Morgan fingerprint density at radius 1 is 1.12 bits per heavy atom. The first-order valence-electron chi connectivity index (χ1n) is 6.24. The SMILES string of the molecule is CCCCCCCC1=C(Br)C(=O)C(C)=CC1=O. The third-order valence-corrected chi connectivity index (χ3v) is 3.84. The maximum atomic E-state index is 11.8. The molecular weight excluding hydrogens is 280 g/mol. The average molecular weight is 299 g/mol. The van der Waals surface area contributed by atoms with Gasteiger partial charge < -0.3 is 0 Å². The van der Waals surface area contributed by atoms with Crippen LogP contribution in [0.5, 0.6) is 0 Å². The summed E-state index contributed by atoms with van der Waals surface area (Å²) in [6.07, 6.45) is 7.93. The largest absolute Gasteiger partial charge is 0.290 e. The lowest BCUT2D eigenvalue weighted by Crippen LogP contribution is -2.15. The second-order valence-corrected chi connectivity index (χ2v) is 5.27. The number of rotatable bonds is 6. The standard InChI is InChI=1S/C14H19BrO2/c1-3-4-5-6-7-8-11-12(16)9-10(2)14(17)13(11)15/h9H,3-8H2,1-2H3. The smallest absolute Gasteiger partial charge is 0.196 e. The zero-order valence-electron chi connectivity index (χ0n) is 10.5. The summed E-state index contributed by atoms with van der Waals surface area (Å²) in [7, 11) is 0. The van der Waals surface area contributed by atoms with Crippen LogP contribution >= 0.6 is 15.9 Å². The number of carbonyl (C=O) groups excluding carboxylic acids is 2. The second-order valence-electron chi connectivity index (χ2n) is 4.48. The number of halogens is 1. The molecule has 0 N–H and O–H groups in total. The van der Waals surface area contributed by atoms with Crippen LogP contribution in [0.15, 0.2) is 21.7 Å². The number of hydrogen-bond donors (Lipinski definition) is 0. The Bertz CT molecular complexity index is 378. The molecule has 2 nitrogen and oxygen atoms in total. The Hall–Kier alpha value is -0.700. The molecule has 0 radical (unpaired) electrons. The van der Waals surface area contributed by atoms with Crippen molar-refractivity contribution in [2.45, 2.75) is 52.4 Å². The maximum Gasteiger partial charge on any atom is 0.196 e. The zero-order chi connectivity index (χ0) is 12.8. The molecule has 0 aromatic rings. The van der Waals surface area contributed by atoms with Crippen LogP contribution in [0, 0.1) is 0 Å². The summed E-state index contributed by atoms with van der Waals surface area (Å²) in [4.78, 5) is 23.5. The fourth-order valence-corrected chi connectivity index (χ4v) is 2.61. The van der Waals surface area contributed by atoms with E-state index in [9.17, 15) is 9.59 Å². The average Bonchev–Trinajstić information content (AvgIpc) is 2.30. The minimum Gasteiger partial charge on any atom is -0.290 e. The number of Topliss-reactive ketones (excluding diaryl/α,β-unsaturated/α-hetero) is 1. The van der Waals surface area contributed by atoms with Crippen molar-refractivity contribution in [3.63, 3.8) is 0 Å². The predicted molar refractivity (Wildman–Crippen MR) is 73.1 cm³/mol. The third kappa shape index (κ3) is 3.91. The molecule has 3 heteroatoms. The van der Waals surface area contributed by atoms with Gasteiger partial charge in [0.2, 0.25) is 0 Å². The van der Waals surface area contributed by atoms with Gasteiger partial charge in [0, 0.05) is 11.1 Å². The van der Waals surface area contributed by atoms with E-state index in [1.165, 1.54) is 25.3 Å². The van der Waals surface area contributed by atoms with Crippen molar-refractivity contribution in [1.82, 2.24) is 0 Å². The monoisotopic (exact) mass is 298 g/mol. The van der Waals surface area contributed by atoms with Gasteiger partial charge in [0.15, 0.2) is 11.6 Å². The zero-order valence-corrected chi connectivity index (χ0v) is 12.1. The molecule has 0 bridgehead atoms. The van der Waals surface area contributed by atoms with E-state index in [1.54, 1.807) is 6.92 Å². The van der Waals surface area contributed by atoms with E-state index in [-0.39, 0.29) is 11.6 Å². The summed E-state index contributed by atoms with van der Waals surface area (Å²) < 4.78 is 0.470. The van der Waals surface area contributed by atoms with Gasteiger partial charge in [-0.3, -0.25) is 9.59 Å². The highest BCUT2D eigenvalue weighted by Crippen LogP contribution is 2.27. The fourth-order valence-electron chi connectivity index (χ4n) is 1.91. The number of ketones is 2. The van der Waals surface area contributed by atoms with E-state index in [1.807, 2.05) is 0 Å². The van der Waals surface area contributed by atoms with Crippen molar-refractivity contribution in [3.8, 4) is 0 Å². The van der Waals surface area contributed by atoms with Crippen LogP contribution in [0.25, 0.3) is 0 Å². The predicted octanol–water partition coefficient (Wildman–Crippen LogP) is 4.09. The van der Waals surface area contributed by atoms with Crippen LogP contribution in [0.4, 0.5) is 0 Å². The van der Waals surface area contributed by atoms with Crippen LogP contribution in [0.2, 0.25) is 0 Å². The highest BCUT2D eigenvalue weighted by atomic mass is 79.9. The molecule has 0 amide bonds. The molecule has 0 heterocycles. The summed E-state index contributed by atoms with van der Waals surface area (Å²) in [6, 6.07) is 0. The maximum absolute atomic E-state index is 11.8. The summed E-state index contributed by atoms with van der Waals surface area (Å²) in [6.45, 7) is 3.86. The molecule has 94 valence electrons. The highest BCUT2D eigenvalue weighted by molar-refractivity contribution is 9.12. The molecule has 1 rings (SSSR count). The van der Waals surface area contributed by atoms with Crippen molar-refractivity contribution in [2.75, 3.05) is 0 Å². The van der Waals surface area contributed by atoms with Gasteiger partial charge >= 0.3 is 0 Å². The van der Waals surface area contributed by atoms with E-state index in [4.69, 9.17) is 0 Å². The summed E-state index contributed by atoms with van der Waals surface area (Å²) in [5.41, 5.74) is 1.17. The van der Waals surface area contributed by atoms with Gasteiger partial charge in [-0.25, -0.2) is 0 Å². The van der Waals surface area contributed by atoms with Crippen LogP contribution < -0.4 is 0 Å². The molecule has 0 atom stereocenters. The molecule has 17 heavy (non-hydrogen) atoms. The Labute approximate surface area is 111 Å². The van der Waals surface area contributed by atoms with Crippen molar-refractivity contribution in [2.24, 2.45) is 0 Å². The first kappa shape index (κ1) is 14.4. The van der Waals surface area contributed by atoms with Gasteiger partial charge in [-0.15, -0.1) is 0 Å². The molecule has 0 aromatic heterocycles. The molecule has 0 aliphatic heterocycles. The molecule has 0 aromatic carbocycles. The van der Waals surface area contributed by atoms with Gasteiger partial charge in [-0.05, 0) is 41.8 Å². The normalized spacial score (nSPS) is 16.5. The molecular formula is C14H19BrO2. The molecule has 1 aliphatic rings. The summed E-state index contributed by atoms with van der Waals surface area (Å²) in [5.74, 6) is -0.0578. The van der Waals surface area contributed by atoms with E-state index < -0.39 is 0 Å². The first-order valence-corrected chi connectivity index (χ1v) is 7.03. The van der Waals surface area contributed by atoms with E-state index in [0.29, 0.717) is 22.0 Å². The van der Waals surface area contributed by atoms with Gasteiger partial charge in [-0.1, -0.05) is 32.6 Å². The van der Waals surface area contributed by atoms with Gasteiger partial charge in [0.25, 0.3) is 0 Å². The van der Waals surface area contributed by atoms with Crippen LogP contribution in [-0.4, -0.2) is 11.6 Å². The van der Waals surface area contributed by atoms with E-state index in [2.05, 4.69) is 22.9 Å². The molecule has 0 saturated carbocycles. The quantitative estimate of drug-likeness (QED) is 0.547. The first-order chi connectivity index (χ1) is 8.07. The highest BCUT2D eigenvalue weighted by Gasteiger charge is 2.23. The number of hydrogen-bond acceptors (Lipinski definition) is 2. The molecule has 1 aliphatic carbocycles. The summed E-state index contributed by atoms with van der Waals surface area (Å²) in [5, 5.41) is 0. The second kappa shape index (κ2) is 6.90. The molecule has 0 fully saturated rings. The Morgan fingerprint density at radius 3 is 2.41 bits per heavy atom. The topological polar surface area (TPSA) is 34.1 Å².